The molecule has 0 aliphatic carbocycles. The summed E-state index contributed by atoms with van der Waals surface area (Å²) in [6.07, 6.45) is 1.84. The van der Waals surface area contributed by atoms with Crippen LogP contribution in [0.2, 0.25) is 0 Å². The van der Waals surface area contributed by atoms with Crippen molar-refractivity contribution < 1.29 is 4.74 Å². The van der Waals surface area contributed by atoms with Gasteiger partial charge in [-0.1, -0.05) is 29.4 Å². The number of ether oxygens (including phenoxy) is 1. The predicted molar refractivity (Wildman–Crippen MR) is 59.1 cm³/mol. The van der Waals surface area contributed by atoms with E-state index in [-0.39, 0.29) is 0 Å². The Labute approximate surface area is 89.1 Å². The molecular weight excluding hydrogens is 230 g/mol. The molecule has 13 heavy (non-hydrogen) atoms. The van der Waals surface area contributed by atoms with Gasteiger partial charge in [0.05, 0.1) is 12.2 Å². The number of hydrogen-bond acceptors (Lipinski definition) is 2. The van der Waals surface area contributed by atoms with Gasteiger partial charge >= 0.3 is 0 Å². The highest BCUT2D eigenvalue weighted by Gasteiger charge is 2.23. The molecule has 0 saturated carbocycles. The van der Waals surface area contributed by atoms with Gasteiger partial charge in [-0.15, -0.1) is 0 Å². The van der Waals surface area contributed by atoms with Crippen LogP contribution in [-0.4, -0.2) is 36.7 Å². The zero-order valence-corrected chi connectivity index (χ0v) is 10.0. The van der Waals surface area contributed by atoms with Crippen molar-refractivity contribution >= 4 is 15.9 Å². The smallest absolute Gasteiger partial charge is 0.0703 e. The molecule has 0 radical (unpaired) electrons. The number of nitrogens with zero attached hydrogens (tertiary/aromatic N) is 1. The maximum Gasteiger partial charge on any atom is 0.0703 e. The summed E-state index contributed by atoms with van der Waals surface area (Å²) in [7, 11) is 0. The van der Waals surface area contributed by atoms with Crippen LogP contribution in [0.25, 0.3) is 0 Å². The molecule has 2 unspecified atom stereocenters. The van der Waals surface area contributed by atoms with Gasteiger partial charge in [0.2, 0.25) is 0 Å². The standard InChI is InChI=1S/C10H18BrNO/c1-4-10-7-12(5-8(2)11)6-9(3)13-10/h9-10H,2,4-7H2,1,3H3. The monoisotopic (exact) mass is 247 g/mol. The van der Waals surface area contributed by atoms with E-state index in [9.17, 15) is 0 Å². The van der Waals surface area contributed by atoms with Crippen LogP contribution in [0, 0.1) is 0 Å². The van der Waals surface area contributed by atoms with Crippen molar-refractivity contribution in [3.63, 3.8) is 0 Å². The topological polar surface area (TPSA) is 12.5 Å². The van der Waals surface area contributed by atoms with Gasteiger partial charge in [-0.2, -0.15) is 0 Å². The summed E-state index contributed by atoms with van der Waals surface area (Å²) in [6.45, 7) is 11.1. The lowest BCUT2D eigenvalue weighted by Crippen LogP contribution is -2.46. The van der Waals surface area contributed by atoms with Gasteiger partial charge in [-0.05, 0) is 13.3 Å². The van der Waals surface area contributed by atoms with Crippen LogP contribution in [-0.2, 0) is 4.74 Å². The summed E-state index contributed by atoms with van der Waals surface area (Å²) >= 11 is 3.39. The van der Waals surface area contributed by atoms with Crippen LogP contribution in [0.4, 0.5) is 0 Å². The van der Waals surface area contributed by atoms with Crippen LogP contribution in [0.15, 0.2) is 11.1 Å². The molecule has 0 amide bonds. The van der Waals surface area contributed by atoms with Crippen LogP contribution < -0.4 is 0 Å². The number of morpholine rings is 1. The maximum absolute atomic E-state index is 5.76. The van der Waals surface area contributed by atoms with Gasteiger partial charge in [0, 0.05) is 24.1 Å². The SMILES string of the molecule is C=C(Br)CN1CC(C)OC(CC)C1. The molecule has 1 fully saturated rings. The van der Waals surface area contributed by atoms with Crippen molar-refractivity contribution in [2.24, 2.45) is 0 Å². The van der Waals surface area contributed by atoms with Gasteiger partial charge in [0.1, 0.15) is 0 Å². The van der Waals surface area contributed by atoms with Crippen molar-refractivity contribution in [3.05, 3.63) is 11.1 Å². The van der Waals surface area contributed by atoms with Crippen molar-refractivity contribution in [3.8, 4) is 0 Å². The summed E-state index contributed by atoms with van der Waals surface area (Å²) in [6, 6.07) is 0. The lowest BCUT2D eigenvalue weighted by Gasteiger charge is -2.36. The molecule has 2 atom stereocenters. The molecular formula is C10H18BrNO. The largest absolute Gasteiger partial charge is 0.373 e. The molecule has 1 aliphatic heterocycles. The minimum Gasteiger partial charge on any atom is -0.373 e. The second-order valence-corrected chi connectivity index (χ2v) is 4.81. The first kappa shape index (κ1) is 11.2. The molecule has 0 aromatic rings. The van der Waals surface area contributed by atoms with Crippen molar-refractivity contribution in [1.82, 2.24) is 4.90 Å². The molecule has 0 spiro atoms. The molecule has 1 rings (SSSR count). The van der Waals surface area contributed by atoms with E-state index in [0.29, 0.717) is 12.2 Å². The van der Waals surface area contributed by atoms with Crippen LogP contribution in [0.3, 0.4) is 0 Å². The summed E-state index contributed by atoms with van der Waals surface area (Å²) in [5.74, 6) is 0. The third-order valence-electron chi connectivity index (χ3n) is 2.25. The van der Waals surface area contributed by atoms with Crippen molar-refractivity contribution in [2.75, 3.05) is 19.6 Å². The Hall–Kier alpha value is 0.140. The number of halogens is 1. The van der Waals surface area contributed by atoms with Gasteiger partial charge in [-0.3, -0.25) is 4.90 Å². The Bertz CT molecular complexity index is 184. The van der Waals surface area contributed by atoms with Crippen LogP contribution in [0.1, 0.15) is 20.3 Å². The molecule has 0 aromatic carbocycles. The third-order valence-corrected chi connectivity index (χ3v) is 2.50. The van der Waals surface area contributed by atoms with Crippen molar-refractivity contribution in [1.29, 1.82) is 0 Å². The van der Waals surface area contributed by atoms with Gasteiger partial charge in [0.25, 0.3) is 0 Å². The van der Waals surface area contributed by atoms with E-state index in [1.807, 2.05) is 0 Å². The lowest BCUT2D eigenvalue weighted by molar-refractivity contribution is -0.0746. The number of hydrogen-bond donors (Lipinski definition) is 0. The highest BCUT2D eigenvalue weighted by atomic mass is 79.9. The molecule has 0 N–H and O–H groups in total. The fraction of sp³-hybridized carbons (Fsp3) is 0.800. The Morgan fingerprint density at radius 1 is 1.62 bits per heavy atom. The average Bonchev–Trinajstić information content (AvgIpc) is 2.01. The second-order valence-electron chi connectivity index (χ2n) is 3.69. The third kappa shape index (κ3) is 3.79. The second kappa shape index (κ2) is 5.13. The normalized spacial score (nSPS) is 30.4. The van der Waals surface area contributed by atoms with E-state index in [4.69, 9.17) is 4.74 Å². The first-order valence-electron chi connectivity index (χ1n) is 4.83. The summed E-state index contributed by atoms with van der Waals surface area (Å²) in [5, 5.41) is 0. The molecule has 1 aliphatic rings. The highest BCUT2D eigenvalue weighted by molar-refractivity contribution is 9.11. The molecule has 0 bridgehead atoms. The van der Waals surface area contributed by atoms with Crippen LogP contribution in [0.5, 0.6) is 0 Å². The van der Waals surface area contributed by atoms with E-state index in [1.165, 1.54) is 0 Å². The molecule has 3 heteroatoms. The van der Waals surface area contributed by atoms with E-state index in [1.54, 1.807) is 0 Å². The van der Waals surface area contributed by atoms with Crippen molar-refractivity contribution in [2.45, 2.75) is 32.5 Å². The molecule has 1 heterocycles. The summed E-state index contributed by atoms with van der Waals surface area (Å²) in [5.41, 5.74) is 0. The minimum absolute atomic E-state index is 0.352. The van der Waals surface area contributed by atoms with E-state index in [0.717, 1.165) is 30.5 Å². The molecule has 0 aromatic heterocycles. The summed E-state index contributed by atoms with van der Waals surface area (Å²) in [4.78, 5) is 2.39. The Morgan fingerprint density at radius 2 is 2.31 bits per heavy atom. The maximum atomic E-state index is 5.76. The molecule has 2 nitrogen and oxygen atoms in total. The number of rotatable bonds is 3. The van der Waals surface area contributed by atoms with E-state index < -0.39 is 0 Å². The lowest BCUT2D eigenvalue weighted by atomic mass is 10.2. The average molecular weight is 248 g/mol. The predicted octanol–water partition coefficient (Wildman–Crippen LogP) is 2.39. The molecule has 76 valence electrons. The van der Waals surface area contributed by atoms with E-state index >= 15 is 0 Å². The van der Waals surface area contributed by atoms with Crippen LogP contribution >= 0.6 is 15.9 Å². The first-order chi connectivity index (χ1) is 6.11. The fourth-order valence-corrected chi connectivity index (χ4v) is 2.09. The zero-order chi connectivity index (χ0) is 9.84. The van der Waals surface area contributed by atoms with Gasteiger partial charge in [-0.25, -0.2) is 0 Å². The molecule has 1 saturated heterocycles. The Balaban J connectivity index is 2.42. The Morgan fingerprint density at radius 3 is 2.85 bits per heavy atom. The Kier molecular flexibility index (Phi) is 4.42. The fourth-order valence-electron chi connectivity index (χ4n) is 1.74. The first-order valence-corrected chi connectivity index (χ1v) is 5.62. The van der Waals surface area contributed by atoms with Gasteiger partial charge in [0.15, 0.2) is 0 Å². The quantitative estimate of drug-likeness (QED) is 0.760. The van der Waals surface area contributed by atoms with Gasteiger partial charge < -0.3 is 4.74 Å². The van der Waals surface area contributed by atoms with E-state index in [2.05, 4.69) is 41.3 Å². The zero-order valence-electron chi connectivity index (χ0n) is 8.42. The highest BCUT2D eigenvalue weighted by Crippen LogP contribution is 2.15. The minimum atomic E-state index is 0.352. The summed E-state index contributed by atoms with van der Waals surface area (Å²) < 4.78 is 6.81.